The van der Waals surface area contributed by atoms with Crippen LogP contribution in [0, 0.1) is 0 Å². The Morgan fingerprint density at radius 1 is 1.33 bits per heavy atom. The lowest BCUT2D eigenvalue weighted by Crippen LogP contribution is -2.04. The van der Waals surface area contributed by atoms with E-state index in [0.29, 0.717) is 0 Å². The van der Waals surface area contributed by atoms with Gasteiger partial charge in [0.2, 0.25) is 0 Å². The minimum atomic E-state index is -0.0118. The molecule has 0 spiro atoms. The maximum atomic E-state index is 5.82. The van der Waals surface area contributed by atoms with E-state index < -0.39 is 0 Å². The second kappa shape index (κ2) is 4.31. The molecule has 0 saturated heterocycles. The molecule has 0 amide bonds. The van der Waals surface area contributed by atoms with Gasteiger partial charge in [-0.1, -0.05) is 23.7 Å². The van der Waals surface area contributed by atoms with Gasteiger partial charge in [0, 0.05) is 22.0 Å². The lowest BCUT2D eigenvalue weighted by atomic mass is 10.2. The third-order valence-electron chi connectivity index (χ3n) is 2.08. The predicted octanol–water partition coefficient (Wildman–Crippen LogP) is 3.48. The zero-order chi connectivity index (χ0) is 10.8. The zero-order valence-corrected chi connectivity index (χ0v) is 9.85. The molecule has 2 aromatic rings. The normalized spacial score (nSPS) is 12.7. The third kappa shape index (κ3) is 2.37. The minimum absolute atomic E-state index is 0.0118. The number of rotatable bonds is 2. The van der Waals surface area contributed by atoms with Crippen LogP contribution < -0.4 is 5.73 Å². The SMILES string of the molecule is CC(N)c1csc(-c2ccc(Cl)cc2)n1. The first-order valence-electron chi connectivity index (χ1n) is 4.64. The Balaban J connectivity index is 2.33. The second-order valence-corrected chi connectivity index (χ2v) is 4.67. The number of hydrogen-bond donors (Lipinski definition) is 1. The van der Waals surface area contributed by atoms with Gasteiger partial charge in [0.25, 0.3) is 0 Å². The van der Waals surface area contributed by atoms with Crippen molar-refractivity contribution in [3.05, 3.63) is 40.4 Å². The van der Waals surface area contributed by atoms with E-state index in [-0.39, 0.29) is 6.04 Å². The predicted molar refractivity (Wildman–Crippen MR) is 65.2 cm³/mol. The summed E-state index contributed by atoms with van der Waals surface area (Å²) in [7, 11) is 0. The number of halogens is 1. The molecule has 1 atom stereocenters. The highest BCUT2D eigenvalue weighted by Crippen LogP contribution is 2.26. The molecule has 1 heterocycles. The Morgan fingerprint density at radius 3 is 2.53 bits per heavy atom. The first-order valence-corrected chi connectivity index (χ1v) is 5.89. The first-order chi connectivity index (χ1) is 7.16. The molecule has 0 radical (unpaired) electrons. The van der Waals surface area contributed by atoms with Crippen molar-refractivity contribution in [2.45, 2.75) is 13.0 Å². The van der Waals surface area contributed by atoms with Crippen molar-refractivity contribution >= 4 is 22.9 Å². The summed E-state index contributed by atoms with van der Waals surface area (Å²) in [6.07, 6.45) is 0. The van der Waals surface area contributed by atoms with E-state index in [2.05, 4.69) is 4.98 Å². The highest BCUT2D eigenvalue weighted by Gasteiger charge is 2.07. The molecule has 0 aliphatic rings. The molecule has 78 valence electrons. The smallest absolute Gasteiger partial charge is 0.123 e. The van der Waals surface area contributed by atoms with Crippen LogP contribution in [0.15, 0.2) is 29.6 Å². The van der Waals surface area contributed by atoms with E-state index >= 15 is 0 Å². The first kappa shape index (κ1) is 10.6. The summed E-state index contributed by atoms with van der Waals surface area (Å²) in [5, 5.41) is 3.72. The van der Waals surface area contributed by atoms with Crippen molar-refractivity contribution in [2.24, 2.45) is 5.73 Å². The number of benzene rings is 1. The zero-order valence-electron chi connectivity index (χ0n) is 8.27. The number of hydrogen-bond acceptors (Lipinski definition) is 3. The van der Waals surface area contributed by atoms with Gasteiger partial charge in [0.15, 0.2) is 0 Å². The number of nitrogens with zero attached hydrogens (tertiary/aromatic N) is 1. The molecule has 0 aliphatic heterocycles. The van der Waals surface area contributed by atoms with Gasteiger partial charge < -0.3 is 5.73 Å². The fourth-order valence-corrected chi connectivity index (χ4v) is 2.28. The van der Waals surface area contributed by atoms with Gasteiger partial charge in [-0.3, -0.25) is 0 Å². The summed E-state index contributed by atoms with van der Waals surface area (Å²) >= 11 is 7.42. The summed E-state index contributed by atoms with van der Waals surface area (Å²) in [6.45, 7) is 1.93. The maximum absolute atomic E-state index is 5.82. The molecule has 15 heavy (non-hydrogen) atoms. The minimum Gasteiger partial charge on any atom is -0.323 e. The summed E-state index contributed by atoms with van der Waals surface area (Å²) in [5.41, 5.74) is 7.77. The van der Waals surface area contributed by atoms with Crippen molar-refractivity contribution in [1.82, 2.24) is 4.98 Å². The van der Waals surface area contributed by atoms with Crippen molar-refractivity contribution < 1.29 is 0 Å². The van der Waals surface area contributed by atoms with Crippen LogP contribution in [0.2, 0.25) is 5.02 Å². The van der Waals surface area contributed by atoms with Crippen molar-refractivity contribution in [3.8, 4) is 10.6 Å². The molecule has 0 fully saturated rings. The molecule has 0 saturated carbocycles. The van der Waals surface area contributed by atoms with Crippen molar-refractivity contribution in [3.63, 3.8) is 0 Å². The fourth-order valence-electron chi connectivity index (χ4n) is 1.22. The van der Waals surface area contributed by atoms with Crippen LogP contribution >= 0.6 is 22.9 Å². The van der Waals surface area contributed by atoms with Crippen LogP contribution in [0.5, 0.6) is 0 Å². The Morgan fingerprint density at radius 2 is 2.00 bits per heavy atom. The Hall–Kier alpha value is -0.900. The van der Waals surface area contributed by atoms with Gasteiger partial charge in [0.1, 0.15) is 5.01 Å². The largest absolute Gasteiger partial charge is 0.323 e. The number of aromatic nitrogens is 1. The lowest BCUT2D eigenvalue weighted by molar-refractivity contribution is 0.790. The fraction of sp³-hybridized carbons (Fsp3) is 0.182. The van der Waals surface area contributed by atoms with Gasteiger partial charge in [-0.15, -0.1) is 11.3 Å². The standard InChI is InChI=1S/C11H11ClN2S/c1-7(13)10-6-15-11(14-10)8-2-4-9(12)5-3-8/h2-7H,13H2,1H3. The van der Waals surface area contributed by atoms with Gasteiger partial charge >= 0.3 is 0 Å². The molecule has 1 aromatic heterocycles. The topological polar surface area (TPSA) is 38.9 Å². The summed E-state index contributed by atoms with van der Waals surface area (Å²) in [4.78, 5) is 4.46. The van der Waals surface area contributed by atoms with Crippen molar-refractivity contribution in [2.75, 3.05) is 0 Å². The maximum Gasteiger partial charge on any atom is 0.123 e. The quantitative estimate of drug-likeness (QED) is 0.870. The summed E-state index contributed by atoms with van der Waals surface area (Å²) in [6, 6.07) is 7.65. The average molecular weight is 239 g/mol. The lowest BCUT2D eigenvalue weighted by Gasteiger charge is -1.98. The van der Waals surface area contributed by atoms with Gasteiger partial charge in [-0.2, -0.15) is 0 Å². The molecule has 2 nitrogen and oxygen atoms in total. The van der Waals surface area contributed by atoms with Gasteiger partial charge in [0.05, 0.1) is 5.69 Å². The van der Waals surface area contributed by atoms with Gasteiger partial charge in [-0.25, -0.2) is 4.98 Å². The van der Waals surface area contributed by atoms with E-state index in [1.807, 2.05) is 36.6 Å². The molecular weight excluding hydrogens is 228 g/mol. The molecule has 0 bridgehead atoms. The van der Waals surface area contributed by atoms with E-state index in [4.69, 9.17) is 17.3 Å². The molecule has 1 unspecified atom stereocenters. The van der Waals surface area contributed by atoms with E-state index in [1.54, 1.807) is 11.3 Å². The summed E-state index contributed by atoms with van der Waals surface area (Å²) < 4.78 is 0. The van der Waals surface area contributed by atoms with Crippen LogP contribution in [0.3, 0.4) is 0 Å². The van der Waals surface area contributed by atoms with Crippen LogP contribution in [0.4, 0.5) is 0 Å². The van der Waals surface area contributed by atoms with Crippen LogP contribution in [-0.2, 0) is 0 Å². The highest BCUT2D eigenvalue weighted by atomic mass is 35.5. The van der Waals surface area contributed by atoms with Crippen LogP contribution in [0.25, 0.3) is 10.6 Å². The van der Waals surface area contributed by atoms with Gasteiger partial charge in [-0.05, 0) is 19.1 Å². The number of nitrogens with two attached hydrogens (primary N) is 1. The van der Waals surface area contributed by atoms with E-state index in [0.717, 1.165) is 21.3 Å². The molecule has 2 rings (SSSR count). The molecular formula is C11H11ClN2S. The Kier molecular flexibility index (Phi) is 3.05. The third-order valence-corrected chi connectivity index (χ3v) is 3.24. The number of thiazole rings is 1. The molecule has 4 heteroatoms. The van der Waals surface area contributed by atoms with Crippen LogP contribution in [-0.4, -0.2) is 4.98 Å². The van der Waals surface area contributed by atoms with E-state index in [9.17, 15) is 0 Å². The average Bonchev–Trinajstić information content (AvgIpc) is 2.68. The highest BCUT2D eigenvalue weighted by molar-refractivity contribution is 7.13. The monoisotopic (exact) mass is 238 g/mol. The summed E-state index contributed by atoms with van der Waals surface area (Å²) in [5.74, 6) is 0. The Labute approximate surface area is 97.7 Å². The second-order valence-electron chi connectivity index (χ2n) is 3.37. The molecule has 2 N–H and O–H groups in total. The molecule has 0 aliphatic carbocycles. The molecule has 1 aromatic carbocycles. The van der Waals surface area contributed by atoms with E-state index in [1.165, 1.54) is 0 Å². The van der Waals surface area contributed by atoms with Crippen molar-refractivity contribution in [1.29, 1.82) is 0 Å². The van der Waals surface area contributed by atoms with Crippen LogP contribution in [0.1, 0.15) is 18.7 Å². The Bertz CT molecular complexity index is 448.